The molecule has 0 saturated carbocycles. The molecule has 0 aliphatic carbocycles. The fraction of sp³-hybridized carbons (Fsp3) is 0.375. The summed E-state index contributed by atoms with van der Waals surface area (Å²) in [5.41, 5.74) is 1.38. The molecule has 4 heteroatoms. The smallest absolute Gasteiger partial charge is 0.268 e. The van der Waals surface area contributed by atoms with Gasteiger partial charge in [0, 0.05) is 11.9 Å². The first-order valence-electron chi connectivity index (χ1n) is 3.82. The lowest BCUT2D eigenvalue weighted by Crippen LogP contribution is -2.25. The zero-order valence-corrected chi connectivity index (χ0v) is 6.98. The summed E-state index contributed by atoms with van der Waals surface area (Å²) >= 11 is 0. The van der Waals surface area contributed by atoms with Crippen molar-refractivity contribution < 1.29 is 0 Å². The second kappa shape index (κ2) is 2.27. The fourth-order valence-corrected chi connectivity index (χ4v) is 1.36. The van der Waals surface area contributed by atoms with Gasteiger partial charge in [-0.1, -0.05) is 0 Å². The van der Waals surface area contributed by atoms with Crippen LogP contribution >= 0.6 is 0 Å². The third-order valence-corrected chi connectivity index (χ3v) is 1.91. The van der Waals surface area contributed by atoms with Gasteiger partial charge in [-0.25, -0.2) is 4.79 Å². The molecule has 1 aliphatic heterocycles. The van der Waals surface area contributed by atoms with Crippen LogP contribution in [0.15, 0.2) is 15.9 Å². The van der Waals surface area contributed by atoms with Gasteiger partial charge in [0.05, 0.1) is 5.69 Å². The molecule has 62 valence electrons. The van der Waals surface area contributed by atoms with Crippen LogP contribution < -0.4 is 5.69 Å². The molecule has 0 aromatic carbocycles. The van der Waals surface area contributed by atoms with Crippen molar-refractivity contribution >= 4 is 6.21 Å². The number of hydrogen-bond acceptors (Lipinski definition) is 3. The summed E-state index contributed by atoms with van der Waals surface area (Å²) < 4.78 is 1.58. The van der Waals surface area contributed by atoms with E-state index < -0.39 is 0 Å². The van der Waals surface area contributed by atoms with Crippen molar-refractivity contribution in [2.24, 2.45) is 4.99 Å². The minimum Gasteiger partial charge on any atom is -0.268 e. The van der Waals surface area contributed by atoms with E-state index in [0.717, 1.165) is 11.4 Å². The molecule has 0 radical (unpaired) electrons. The van der Waals surface area contributed by atoms with Crippen molar-refractivity contribution in [3.8, 4) is 0 Å². The predicted molar refractivity (Wildman–Crippen MR) is 45.5 cm³/mol. The van der Waals surface area contributed by atoms with E-state index in [-0.39, 0.29) is 11.9 Å². The molecule has 0 amide bonds. The Morgan fingerprint density at radius 3 is 3.08 bits per heavy atom. The number of aliphatic imine (C=N–C) groups is 1. The Morgan fingerprint density at radius 2 is 2.33 bits per heavy atom. The van der Waals surface area contributed by atoms with Gasteiger partial charge >= 0.3 is 5.69 Å². The van der Waals surface area contributed by atoms with Crippen molar-refractivity contribution in [3.05, 3.63) is 27.9 Å². The van der Waals surface area contributed by atoms with Gasteiger partial charge in [-0.05, 0) is 19.9 Å². The SMILES string of the molecule is Cc1cc2n(c(=O)n1)C(C)N=C2. The van der Waals surface area contributed by atoms with E-state index >= 15 is 0 Å². The predicted octanol–water partition coefficient (Wildman–Crippen LogP) is 0.503. The van der Waals surface area contributed by atoms with Crippen molar-refractivity contribution in [2.45, 2.75) is 20.0 Å². The van der Waals surface area contributed by atoms with Crippen molar-refractivity contribution in [1.29, 1.82) is 0 Å². The van der Waals surface area contributed by atoms with Gasteiger partial charge in [-0.15, -0.1) is 0 Å². The van der Waals surface area contributed by atoms with Crippen LogP contribution in [0.25, 0.3) is 0 Å². The Kier molecular flexibility index (Phi) is 1.36. The van der Waals surface area contributed by atoms with E-state index in [9.17, 15) is 4.79 Å². The van der Waals surface area contributed by atoms with Gasteiger partial charge in [-0.2, -0.15) is 4.98 Å². The van der Waals surface area contributed by atoms with Gasteiger partial charge in [-0.3, -0.25) is 9.56 Å². The first-order valence-corrected chi connectivity index (χ1v) is 3.82. The summed E-state index contributed by atoms with van der Waals surface area (Å²) in [6.45, 7) is 3.67. The molecule has 12 heavy (non-hydrogen) atoms. The molecule has 1 unspecified atom stereocenters. The van der Waals surface area contributed by atoms with E-state index in [1.165, 1.54) is 0 Å². The van der Waals surface area contributed by atoms with Crippen molar-refractivity contribution in [1.82, 2.24) is 9.55 Å². The third-order valence-electron chi connectivity index (χ3n) is 1.91. The van der Waals surface area contributed by atoms with Crippen LogP contribution in [0.5, 0.6) is 0 Å². The summed E-state index contributed by atoms with van der Waals surface area (Å²) in [6.07, 6.45) is 1.61. The Bertz CT molecular complexity index is 405. The summed E-state index contributed by atoms with van der Waals surface area (Å²) in [5, 5.41) is 0. The van der Waals surface area contributed by atoms with E-state index in [1.54, 1.807) is 17.7 Å². The Balaban J connectivity index is 2.75. The molecule has 0 N–H and O–H groups in total. The zero-order valence-electron chi connectivity index (χ0n) is 6.98. The maximum atomic E-state index is 11.3. The van der Waals surface area contributed by atoms with Gasteiger partial charge < -0.3 is 0 Å². The highest BCUT2D eigenvalue weighted by atomic mass is 16.1. The molecule has 1 aromatic heterocycles. The molecular weight excluding hydrogens is 154 g/mol. The summed E-state index contributed by atoms with van der Waals surface area (Å²) in [4.78, 5) is 19.2. The Labute approximate surface area is 69.6 Å². The van der Waals surface area contributed by atoms with Crippen LogP contribution in [0, 0.1) is 6.92 Å². The summed E-state index contributed by atoms with van der Waals surface area (Å²) in [6, 6.07) is 1.86. The lowest BCUT2D eigenvalue weighted by atomic mass is 10.3. The minimum absolute atomic E-state index is 0.0967. The Hall–Kier alpha value is -1.45. The number of fused-ring (bicyclic) bond motifs is 1. The summed E-state index contributed by atoms with van der Waals surface area (Å²) in [7, 11) is 0. The molecule has 2 rings (SSSR count). The van der Waals surface area contributed by atoms with E-state index in [1.807, 2.05) is 13.0 Å². The molecule has 0 saturated heterocycles. The monoisotopic (exact) mass is 163 g/mol. The molecule has 4 nitrogen and oxygen atoms in total. The van der Waals surface area contributed by atoms with Crippen LogP contribution in [-0.4, -0.2) is 15.8 Å². The average molecular weight is 163 g/mol. The quantitative estimate of drug-likeness (QED) is 0.559. The van der Waals surface area contributed by atoms with Gasteiger partial charge in [0.2, 0.25) is 0 Å². The highest BCUT2D eigenvalue weighted by Crippen LogP contribution is 2.13. The maximum absolute atomic E-state index is 11.3. The molecule has 2 heterocycles. The number of aromatic nitrogens is 2. The Morgan fingerprint density at radius 1 is 1.58 bits per heavy atom. The van der Waals surface area contributed by atoms with Crippen LogP contribution in [0.4, 0.5) is 0 Å². The molecule has 0 spiro atoms. The highest BCUT2D eigenvalue weighted by Gasteiger charge is 2.14. The standard InChI is InChI=1S/C8H9N3O/c1-5-3-7-4-9-6(2)11(7)8(12)10-5/h3-4,6H,1-2H3. The minimum atomic E-state index is -0.213. The summed E-state index contributed by atoms with van der Waals surface area (Å²) in [5.74, 6) is 0. The molecule has 0 bridgehead atoms. The van der Waals surface area contributed by atoms with Crippen molar-refractivity contribution in [2.75, 3.05) is 0 Å². The zero-order chi connectivity index (χ0) is 8.72. The third kappa shape index (κ3) is 0.879. The molecule has 1 aliphatic rings. The van der Waals surface area contributed by atoms with E-state index in [2.05, 4.69) is 9.98 Å². The number of hydrogen-bond donors (Lipinski definition) is 0. The fourth-order valence-electron chi connectivity index (χ4n) is 1.36. The first kappa shape index (κ1) is 7.21. The highest BCUT2D eigenvalue weighted by molar-refractivity contribution is 5.79. The lowest BCUT2D eigenvalue weighted by Gasteiger charge is -2.05. The van der Waals surface area contributed by atoms with Gasteiger partial charge in [0.15, 0.2) is 0 Å². The molecule has 1 aromatic rings. The van der Waals surface area contributed by atoms with Crippen LogP contribution in [0.2, 0.25) is 0 Å². The molecule has 1 atom stereocenters. The molecule has 0 fully saturated rings. The van der Waals surface area contributed by atoms with Gasteiger partial charge in [0.25, 0.3) is 0 Å². The second-order valence-corrected chi connectivity index (χ2v) is 2.89. The maximum Gasteiger partial charge on any atom is 0.350 e. The van der Waals surface area contributed by atoms with Gasteiger partial charge in [0.1, 0.15) is 6.17 Å². The lowest BCUT2D eigenvalue weighted by molar-refractivity contribution is 0.559. The van der Waals surface area contributed by atoms with Crippen LogP contribution in [0.3, 0.4) is 0 Å². The first-order chi connectivity index (χ1) is 5.68. The van der Waals surface area contributed by atoms with E-state index in [0.29, 0.717) is 0 Å². The number of aryl methyl sites for hydroxylation is 1. The van der Waals surface area contributed by atoms with Crippen LogP contribution in [-0.2, 0) is 0 Å². The van der Waals surface area contributed by atoms with Crippen molar-refractivity contribution in [3.63, 3.8) is 0 Å². The molecular formula is C8H9N3O. The average Bonchev–Trinajstić information content (AvgIpc) is 2.31. The number of nitrogens with zero attached hydrogens (tertiary/aromatic N) is 3. The van der Waals surface area contributed by atoms with Crippen LogP contribution in [0.1, 0.15) is 24.5 Å². The number of rotatable bonds is 0. The topological polar surface area (TPSA) is 47.2 Å². The largest absolute Gasteiger partial charge is 0.350 e. The van der Waals surface area contributed by atoms with E-state index in [4.69, 9.17) is 0 Å². The second-order valence-electron chi connectivity index (χ2n) is 2.89. The normalized spacial score (nSPS) is 19.7.